The van der Waals surface area contributed by atoms with E-state index in [1.807, 2.05) is 0 Å². The van der Waals surface area contributed by atoms with Crippen molar-refractivity contribution in [2.24, 2.45) is 5.92 Å². The van der Waals surface area contributed by atoms with E-state index in [2.05, 4.69) is 20.8 Å². The highest BCUT2D eigenvalue weighted by Gasteiger charge is 2.35. The Balaban J connectivity index is 1.23. The van der Waals surface area contributed by atoms with Crippen LogP contribution in [0.1, 0.15) is 0 Å². The number of likely N-dealkylation sites (tertiary alicyclic amines) is 1. The molecule has 0 atom stereocenters. The molecule has 1 fully saturated rings. The Bertz CT molecular complexity index is 1000. The van der Waals surface area contributed by atoms with Crippen molar-refractivity contribution in [1.29, 1.82) is 0 Å². The number of hydrogen-bond donors (Lipinski definition) is 1. The monoisotopic (exact) mass is 396 g/mol. The molecule has 148 valence electrons. The molecule has 1 aliphatic heterocycles. The van der Waals surface area contributed by atoms with Gasteiger partial charge in [-0.25, -0.2) is 9.07 Å². The van der Waals surface area contributed by atoms with E-state index in [4.69, 9.17) is 4.74 Å². The molecule has 2 amide bonds. The first kappa shape index (κ1) is 18.5. The Morgan fingerprint density at radius 3 is 2.59 bits per heavy atom. The standard InChI is InChI=1S/C19H17FN6O3/c20-16-3-1-2-4-17(16)29-11-18(27)25-9-13(10-25)19(28)22-14-5-7-15(8-6-14)26-12-21-23-24-26/h1-8,12-13H,9-11H2,(H,22,28). The largest absolute Gasteiger partial charge is 0.481 e. The van der Waals surface area contributed by atoms with Crippen molar-refractivity contribution in [1.82, 2.24) is 25.1 Å². The summed E-state index contributed by atoms with van der Waals surface area (Å²) in [5.41, 5.74) is 1.41. The zero-order valence-corrected chi connectivity index (χ0v) is 15.2. The Hall–Kier alpha value is -3.82. The second-order valence-corrected chi connectivity index (χ2v) is 6.51. The van der Waals surface area contributed by atoms with Crippen molar-refractivity contribution >= 4 is 17.5 Å². The lowest BCUT2D eigenvalue weighted by atomic mass is 9.99. The molecule has 10 heteroatoms. The van der Waals surface area contributed by atoms with Crippen LogP contribution in [0, 0.1) is 11.7 Å². The maximum absolute atomic E-state index is 13.5. The lowest BCUT2D eigenvalue weighted by Gasteiger charge is -2.38. The van der Waals surface area contributed by atoms with Crippen LogP contribution in [0.4, 0.5) is 10.1 Å². The number of benzene rings is 2. The van der Waals surface area contributed by atoms with Crippen LogP contribution >= 0.6 is 0 Å². The molecule has 0 radical (unpaired) electrons. The maximum atomic E-state index is 13.5. The molecule has 1 aromatic heterocycles. The molecule has 1 N–H and O–H groups in total. The van der Waals surface area contributed by atoms with E-state index in [1.54, 1.807) is 36.4 Å². The van der Waals surface area contributed by atoms with E-state index < -0.39 is 5.82 Å². The number of tetrazole rings is 1. The fraction of sp³-hybridized carbons (Fsp3) is 0.211. The average Bonchev–Trinajstić information content (AvgIpc) is 3.21. The zero-order valence-electron chi connectivity index (χ0n) is 15.2. The van der Waals surface area contributed by atoms with Crippen molar-refractivity contribution in [2.45, 2.75) is 0 Å². The molecule has 4 rings (SSSR count). The summed E-state index contributed by atoms with van der Waals surface area (Å²) >= 11 is 0. The molecule has 2 aromatic carbocycles. The summed E-state index contributed by atoms with van der Waals surface area (Å²) in [6.07, 6.45) is 1.48. The van der Waals surface area contributed by atoms with Crippen LogP contribution < -0.4 is 10.1 Å². The molecule has 2 heterocycles. The number of nitrogens with one attached hydrogen (secondary N) is 1. The number of para-hydroxylation sites is 1. The van der Waals surface area contributed by atoms with Crippen LogP contribution in [0.2, 0.25) is 0 Å². The molecule has 1 saturated heterocycles. The second kappa shape index (κ2) is 8.05. The van der Waals surface area contributed by atoms with E-state index in [0.717, 1.165) is 5.69 Å². The second-order valence-electron chi connectivity index (χ2n) is 6.51. The Labute approximate surface area is 165 Å². The van der Waals surface area contributed by atoms with Crippen LogP contribution in [0.15, 0.2) is 54.9 Å². The van der Waals surface area contributed by atoms with E-state index in [9.17, 15) is 14.0 Å². The number of ether oxygens (including phenoxy) is 1. The summed E-state index contributed by atoms with van der Waals surface area (Å²) in [5, 5.41) is 13.8. The number of nitrogens with zero attached hydrogens (tertiary/aromatic N) is 5. The Morgan fingerprint density at radius 1 is 1.14 bits per heavy atom. The number of halogens is 1. The number of rotatable bonds is 6. The predicted molar refractivity (Wildman–Crippen MR) is 99.7 cm³/mol. The van der Waals surface area contributed by atoms with Crippen molar-refractivity contribution in [3.63, 3.8) is 0 Å². The molecule has 0 unspecified atom stereocenters. The average molecular weight is 396 g/mol. The predicted octanol–water partition coefficient (Wildman–Crippen LogP) is 1.28. The van der Waals surface area contributed by atoms with Gasteiger partial charge in [0, 0.05) is 18.8 Å². The smallest absolute Gasteiger partial charge is 0.260 e. The number of anilines is 1. The number of aromatic nitrogens is 4. The summed E-state index contributed by atoms with van der Waals surface area (Å²) in [6.45, 7) is 0.329. The third kappa shape index (κ3) is 4.21. The molecular formula is C19H17FN6O3. The minimum Gasteiger partial charge on any atom is -0.481 e. The van der Waals surface area contributed by atoms with Gasteiger partial charge < -0.3 is 15.0 Å². The number of hydrogen-bond acceptors (Lipinski definition) is 6. The van der Waals surface area contributed by atoms with Gasteiger partial charge >= 0.3 is 0 Å². The molecule has 0 spiro atoms. The van der Waals surface area contributed by atoms with Crippen LogP contribution in [-0.2, 0) is 9.59 Å². The Kier molecular flexibility index (Phi) is 5.14. The van der Waals surface area contributed by atoms with E-state index in [0.29, 0.717) is 18.8 Å². The quantitative estimate of drug-likeness (QED) is 0.673. The SMILES string of the molecule is O=C(Nc1ccc(-n2cnnn2)cc1)C1CN(C(=O)COc2ccccc2F)C1. The van der Waals surface area contributed by atoms with Crippen LogP contribution in [0.3, 0.4) is 0 Å². The van der Waals surface area contributed by atoms with Gasteiger partial charge in [0.15, 0.2) is 18.2 Å². The molecule has 0 bridgehead atoms. The van der Waals surface area contributed by atoms with Crippen LogP contribution in [0.5, 0.6) is 5.75 Å². The summed E-state index contributed by atoms with van der Waals surface area (Å²) < 4.78 is 20.2. The summed E-state index contributed by atoms with van der Waals surface area (Å²) in [7, 11) is 0. The molecule has 1 aliphatic rings. The van der Waals surface area contributed by atoms with Gasteiger partial charge in [-0.15, -0.1) is 5.10 Å². The lowest BCUT2D eigenvalue weighted by Crippen LogP contribution is -2.55. The van der Waals surface area contributed by atoms with E-state index in [-0.39, 0.29) is 30.1 Å². The van der Waals surface area contributed by atoms with Crippen LogP contribution in [0.25, 0.3) is 5.69 Å². The number of carbonyl (C=O) groups excluding carboxylic acids is 2. The molecule has 29 heavy (non-hydrogen) atoms. The van der Waals surface area contributed by atoms with Crippen molar-refractivity contribution in [3.05, 3.63) is 60.7 Å². The van der Waals surface area contributed by atoms with Gasteiger partial charge in [-0.2, -0.15) is 0 Å². The summed E-state index contributed by atoms with van der Waals surface area (Å²) in [5.74, 6) is -1.25. The number of amides is 2. The van der Waals surface area contributed by atoms with Gasteiger partial charge in [0.1, 0.15) is 6.33 Å². The fourth-order valence-corrected chi connectivity index (χ4v) is 2.86. The van der Waals surface area contributed by atoms with Crippen molar-refractivity contribution in [2.75, 3.05) is 25.0 Å². The highest BCUT2D eigenvalue weighted by molar-refractivity contribution is 5.94. The topological polar surface area (TPSA) is 102 Å². The van der Waals surface area contributed by atoms with E-state index >= 15 is 0 Å². The highest BCUT2D eigenvalue weighted by atomic mass is 19.1. The van der Waals surface area contributed by atoms with Gasteiger partial charge in [-0.1, -0.05) is 12.1 Å². The van der Waals surface area contributed by atoms with Gasteiger partial charge in [0.25, 0.3) is 5.91 Å². The molecule has 0 saturated carbocycles. The van der Waals surface area contributed by atoms with Gasteiger partial charge in [-0.05, 0) is 46.8 Å². The Morgan fingerprint density at radius 2 is 1.90 bits per heavy atom. The van der Waals surface area contributed by atoms with Crippen molar-refractivity contribution in [3.8, 4) is 11.4 Å². The van der Waals surface area contributed by atoms with Gasteiger partial charge in [0.2, 0.25) is 5.91 Å². The first-order valence-corrected chi connectivity index (χ1v) is 8.89. The van der Waals surface area contributed by atoms with Gasteiger partial charge in [-0.3, -0.25) is 9.59 Å². The molecule has 0 aliphatic carbocycles. The normalized spacial score (nSPS) is 13.6. The lowest BCUT2D eigenvalue weighted by molar-refractivity contribution is -0.143. The molecule has 3 aromatic rings. The summed E-state index contributed by atoms with van der Waals surface area (Å²) in [6, 6.07) is 13.0. The third-order valence-corrected chi connectivity index (χ3v) is 4.54. The maximum Gasteiger partial charge on any atom is 0.260 e. The highest BCUT2D eigenvalue weighted by Crippen LogP contribution is 2.20. The minimum atomic E-state index is -0.521. The third-order valence-electron chi connectivity index (χ3n) is 4.54. The fourth-order valence-electron chi connectivity index (χ4n) is 2.86. The first-order chi connectivity index (χ1) is 14.1. The first-order valence-electron chi connectivity index (χ1n) is 8.89. The molecule has 9 nitrogen and oxygen atoms in total. The van der Waals surface area contributed by atoms with Crippen molar-refractivity contribution < 1.29 is 18.7 Å². The summed E-state index contributed by atoms with van der Waals surface area (Å²) in [4.78, 5) is 26.0. The molecular weight excluding hydrogens is 379 g/mol. The van der Waals surface area contributed by atoms with Gasteiger partial charge in [0.05, 0.1) is 11.6 Å². The van der Waals surface area contributed by atoms with Crippen LogP contribution in [-0.4, -0.2) is 56.6 Å². The number of carbonyl (C=O) groups is 2. The van der Waals surface area contributed by atoms with E-state index in [1.165, 1.54) is 28.0 Å². The zero-order chi connectivity index (χ0) is 20.2. The minimum absolute atomic E-state index is 0.0285.